The van der Waals surface area contributed by atoms with Crippen LogP contribution in [0.2, 0.25) is 0 Å². The van der Waals surface area contributed by atoms with Crippen molar-refractivity contribution in [2.24, 2.45) is 0 Å². The second kappa shape index (κ2) is 11.1. The van der Waals surface area contributed by atoms with Crippen LogP contribution in [0.25, 0.3) is 0 Å². The fraction of sp³-hybridized carbons (Fsp3) is 0.542. The second-order valence-corrected chi connectivity index (χ2v) is 9.25. The Kier molecular flexibility index (Phi) is 7.97. The standard InChI is InChI=1S/C24H34N4O2S/c1-30-23-5-3-2-4-22(23)18-26-13-15-28(16-14-26)24(29)19-27-11-9-25(10-12-27)8-6-21-7-17-31-20-21/h2-5,7,17,20H,6,8-16,18-19H2,1H3. The molecule has 3 heterocycles. The van der Waals surface area contributed by atoms with Gasteiger partial charge in [0.1, 0.15) is 5.75 Å². The van der Waals surface area contributed by atoms with Crippen LogP contribution in [0.4, 0.5) is 0 Å². The molecule has 2 aliphatic heterocycles. The van der Waals surface area contributed by atoms with Gasteiger partial charge < -0.3 is 14.5 Å². The highest BCUT2D eigenvalue weighted by molar-refractivity contribution is 7.07. The highest BCUT2D eigenvalue weighted by Gasteiger charge is 2.25. The van der Waals surface area contributed by atoms with Crippen LogP contribution in [0.15, 0.2) is 41.1 Å². The third-order valence-corrected chi connectivity index (χ3v) is 7.16. The van der Waals surface area contributed by atoms with Crippen LogP contribution in [0, 0.1) is 0 Å². The van der Waals surface area contributed by atoms with Crippen LogP contribution >= 0.6 is 11.3 Å². The molecule has 31 heavy (non-hydrogen) atoms. The molecule has 0 spiro atoms. The first kappa shape index (κ1) is 22.3. The predicted molar refractivity (Wildman–Crippen MR) is 126 cm³/mol. The summed E-state index contributed by atoms with van der Waals surface area (Å²) in [5.41, 5.74) is 2.65. The maximum atomic E-state index is 12.8. The van der Waals surface area contributed by atoms with E-state index in [1.807, 2.05) is 17.0 Å². The van der Waals surface area contributed by atoms with Crippen molar-refractivity contribution in [3.05, 3.63) is 52.2 Å². The first-order chi connectivity index (χ1) is 15.2. The number of nitrogens with zero attached hydrogens (tertiary/aromatic N) is 4. The van der Waals surface area contributed by atoms with Crippen molar-refractivity contribution in [3.63, 3.8) is 0 Å². The molecule has 7 heteroatoms. The summed E-state index contributed by atoms with van der Waals surface area (Å²) in [4.78, 5) is 22.1. The van der Waals surface area contributed by atoms with Gasteiger partial charge in [-0.2, -0.15) is 11.3 Å². The topological polar surface area (TPSA) is 39.3 Å². The van der Waals surface area contributed by atoms with E-state index in [0.29, 0.717) is 6.54 Å². The molecule has 0 unspecified atom stereocenters. The van der Waals surface area contributed by atoms with Gasteiger partial charge >= 0.3 is 0 Å². The molecule has 2 aliphatic rings. The molecule has 1 aromatic heterocycles. The first-order valence-corrected chi connectivity index (χ1v) is 12.2. The fourth-order valence-corrected chi connectivity index (χ4v) is 5.12. The molecule has 0 radical (unpaired) electrons. The molecule has 6 nitrogen and oxygen atoms in total. The average molecular weight is 443 g/mol. The quantitative estimate of drug-likeness (QED) is 0.627. The Bertz CT molecular complexity index is 813. The molecule has 2 saturated heterocycles. The first-order valence-electron chi connectivity index (χ1n) is 11.3. The number of methoxy groups -OCH3 is 1. The molecule has 1 amide bonds. The molecule has 1 aromatic carbocycles. The van der Waals surface area contributed by atoms with Crippen molar-refractivity contribution in [3.8, 4) is 5.75 Å². The van der Waals surface area contributed by atoms with Crippen LogP contribution in [-0.2, 0) is 17.8 Å². The molecule has 2 aromatic rings. The molecule has 4 rings (SSSR count). The number of ether oxygens (including phenoxy) is 1. The predicted octanol–water partition coefficient (Wildman–Crippen LogP) is 2.26. The minimum absolute atomic E-state index is 0.281. The third kappa shape index (κ3) is 6.29. The second-order valence-electron chi connectivity index (χ2n) is 8.47. The van der Waals surface area contributed by atoms with Gasteiger partial charge in [0.25, 0.3) is 0 Å². The van der Waals surface area contributed by atoms with Crippen LogP contribution in [0.3, 0.4) is 0 Å². The number of benzene rings is 1. The molecule has 0 saturated carbocycles. The lowest BCUT2D eigenvalue weighted by molar-refractivity contribution is -0.134. The molecule has 2 fully saturated rings. The normalized spacial score (nSPS) is 18.9. The minimum atomic E-state index is 0.281. The zero-order chi connectivity index (χ0) is 21.5. The van der Waals surface area contributed by atoms with Gasteiger partial charge in [0.05, 0.1) is 13.7 Å². The number of thiophene rings is 1. The summed E-state index contributed by atoms with van der Waals surface area (Å²) in [6, 6.07) is 10.4. The smallest absolute Gasteiger partial charge is 0.236 e. The van der Waals surface area contributed by atoms with Gasteiger partial charge in [-0.15, -0.1) is 0 Å². The van der Waals surface area contributed by atoms with Gasteiger partial charge in [0.2, 0.25) is 5.91 Å². The Morgan fingerprint density at radius 2 is 1.65 bits per heavy atom. The van der Waals surface area contributed by atoms with E-state index >= 15 is 0 Å². The highest BCUT2D eigenvalue weighted by Crippen LogP contribution is 2.20. The van der Waals surface area contributed by atoms with Crippen LogP contribution in [-0.4, -0.2) is 98.1 Å². The number of rotatable bonds is 8. The van der Waals surface area contributed by atoms with Crippen molar-refractivity contribution in [1.82, 2.24) is 19.6 Å². The summed E-state index contributed by atoms with van der Waals surface area (Å²) < 4.78 is 5.47. The Labute approximate surface area is 190 Å². The summed E-state index contributed by atoms with van der Waals surface area (Å²) >= 11 is 1.77. The fourth-order valence-electron chi connectivity index (χ4n) is 4.41. The van der Waals surface area contributed by atoms with Crippen molar-refractivity contribution in [1.29, 1.82) is 0 Å². The lowest BCUT2D eigenvalue weighted by Crippen LogP contribution is -2.53. The molecule has 168 valence electrons. The SMILES string of the molecule is COc1ccccc1CN1CCN(C(=O)CN2CCN(CCc3ccsc3)CC2)CC1. The monoisotopic (exact) mass is 442 g/mol. The number of carbonyl (C=O) groups is 1. The maximum Gasteiger partial charge on any atom is 0.236 e. The zero-order valence-corrected chi connectivity index (χ0v) is 19.4. The summed E-state index contributed by atoms with van der Waals surface area (Å²) in [6.07, 6.45) is 1.13. The number of carbonyl (C=O) groups excluding carboxylic acids is 1. The summed E-state index contributed by atoms with van der Waals surface area (Å²) in [7, 11) is 1.72. The van der Waals surface area contributed by atoms with Crippen molar-refractivity contribution in [2.75, 3.05) is 72.6 Å². The van der Waals surface area contributed by atoms with Gasteiger partial charge in [-0.05, 0) is 34.9 Å². The Hall–Kier alpha value is -1.93. The van der Waals surface area contributed by atoms with Crippen LogP contribution < -0.4 is 4.74 Å². The van der Waals surface area contributed by atoms with Gasteiger partial charge in [0, 0.05) is 71.0 Å². The Morgan fingerprint density at radius 3 is 2.35 bits per heavy atom. The summed E-state index contributed by atoms with van der Waals surface area (Å²) in [5.74, 6) is 1.22. The van der Waals surface area contributed by atoms with Crippen LogP contribution in [0.5, 0.6) is 5.75 Å². The van der Waals surface area contributed by atoms with Gasteiger partial charge in [-0.25, -0.2) is 0 Å². The zero-order valence-electron chi connectivity index (χ0n) is 18.5. The number of hydrogen-bond donors (Lipinski definition) is 0. The molecular weight excluding hydrogens is 408 g/mol. The average Bonchev–Trinajstić information content (AvgIpc) is 3.33. The minimum Gasteiger partial charge on any atom is -0.496 e. The van der Waals surface area contributed by atoms with Gasteiger partial charge in [0.15, 0.2) is 0 Å². The van der Waals surface area contributed by atoms with Crippen molar-refractivity contribution >= 4 is 17.2 Å². The summed E-state index contributed by atoms with van der Waals surface area (Å²) in [6.45, 7) is 10.1. The molecule has 0 atom stereocenters. The maximum absolute atomic E-state index is 12.8. The Morgan fingerprint density at radius 1 is 0.935 bits per heavy atom. The molecular formula is C24H34N4O2S. The van der Waals surface area contributed by atoms with E-state index in [1.165, 1.54) is 11.1 Å². The lowest BCUT2D eigenvalue weighted by atomic mass is 10.1. The van der Waals surface area contributed by atoms with E-state index in [9.17, 15) is 4.79 Å². The number of hydrogen-bond acceptors (Lipinski definition) is 6. The van der Waals surface area contributed by atoms with Gasteiger partial charge in [-0.3, -0.25) is 14.6 Å². The van der Waals surface area contributed by atoms with E-state index in [4.69, 9.17) is 4.74 Å². The number of piperazine rings is 2. The van der Waals surface area contributed by atoms with E-state index in [-0.39, 0.29) is 5.91 Å². The van der Waals surface area contributed by atoms with Crippen molar-refractivity contribution in [2.45, 2.75) is 13.0 Å². The summed E-state index contributed by atoms with van der Waals surface area (Å²) in [5, 5.41) is 4.39. The van der Waals surface area contributed by atoms with Crippen LogP contribution in [0.1, 0.15) is 11.1 Å². The number of para-hydroxylation sites is 1. The molecule has 0 N–H and O–H groups in total. The number of amides is 1. The van der Waals surface area contributed by atoms with Crippen molar-refractivity contribution < 1.29 is 9.53 Å². The molecule has 0 aliphatic carbocycles. The highest BCUT2D eigenvalue weighted by atomic mass is 32.1. The largest absolute Gasteiger partial charge is 0.496 e. The third-order valence-electron chi connectivity index (χ3n) is 6.43. The van der Waals surface area contributed by atoms with E-state index in [2.05, 4.69) is 43.7 Å². The lowest BCUT2D eigenvalue weighted by Gasteiger charge is -2.38. The van der Waals surface area contributed by atoms with E-state index < -0.39 is 0 Å². The van der Waals surface area contributed by atoms with E-state index in [1.54, 1.807) is 18.4 Å². The van der Waals surface area contributed by atoms with Gasteiger partial charge in [-0.1, -0.05) is 18.2 Å². The molecule has 0 bridgehead atoms. The van der Waals surface area contributed by atoms with E-state index in [0.717, 1.165) is 77.6 Å². The Balaban J connectivity index is 1.15.